The highest BCUT2D eigenvalue weighted by Gasteiger charge is 2.24. The van der Waals surface area contributed by atoms with Gasteiger partial charge in [0.25, 0.3) is 0 Å². The molecule has 21 heavy (non-hydrogen) atoms. The van der Waals surface area contributed by atoms with E-state index in [1.165, 1.54) is 5.56 Å². The van der Waals surface area contributed by atoms with Crippen LogP contribution in [0.4, 0.5) is 5.69 Å². The quantitative estimate of drug-likeness (QED) is 0.865. The molecule has 0 fully saturated rings. The van der Waals surface area contributed by atoms with Crippen LogP contribution < -0.4 is 9.64 Å². The number of ether oxygens (including phenoxy) is 1. The topological polar surface area (TPSA) is 29.5 Å². The highest BCUT2D eigenvalue weighted by Crippen LogP contribution is 2.29. The van der Waals surface area contributed by atoms with Gasteiger partial charge in [0.2, 0.25) is 5.91 Å². The van der Waals surface area contributed by atoms with Crippen LogP contribution >= 0.6 is 0 Å². The van der Waals surface area contributed by atoms with Crippen LogP contribution in [0.3, 0.4) is 0 Å². The Hall–Kier alpha value is -2.29. The van der Waals surface area contributed by atoms with Gasteiger partial charge in [0.05, 0.1) is 13.5 Å². The summed E-state index contributed by atoms with van der Waals surface area (Å²) in [6, 6.07) is 14.1. The Kier molecular flexibility index (Phi) is 3.65. The Balaban J connectivity index is 1.83. The fourth-order valence-corrected chi connectivity index (χ4v) is 2.90. The second kappa shape index (κ2) is 5.60. The maximum Gasteiger partial charge on any atom is 0.231 e. The molecule has 0 saturated carbocycles. The number of fused-ring (bicyclic) bond motifs is 1. The number of methoxy groups -OCH3 is 1. The first-order valence-corrected chi connectivity index (χ1v) is 7.21. The monoisotopic (exact) mass is 281 g/mol. The number of hydrogen-bond donors (Lipinski definition) is 0. The highest BCUT2D eigenvalue weighted by molar-refractivity contribution is 5.97. The summed E-state index contributed by atoms with van der Waals surface area (Å²) in [6.07, 6.45) is 1.31. The van der Waals surface area contributed by atoms with Gasteiger partial charge in [0, 0.05) is 17.8 Å². The van der Waals surface area contributed by atoms with Crippen molar-refractivity contribution >= 4 is 11.6 Å². The van der Waals surface area contributed by atoms with E-state index in [0.717, 1.165) is 35.5 Å². The van der Waals surface area contributed by atoms with Gasteiger partial charge in [0.15, 0.2) is 0 Å². The van der Waals surface area contributed by atoms with E-state index >= 15 is 0 Å². The van der Waals surface area contributed by atoms with E-state index in [2.05, 4.69) is 6.07 Å². The maximum atomic E-state index is 12.6. The molecule has 1 amide bonds. The minimum atomic E-state index is 0.129. The number of nitrogens with zero attached hydrogens (tertiary/aromatic N) is 1. The molecule has 3 heteroatoms. The molecule has 1 aliphatic heterocycles. The Morgan fingerprint density at radius 3 is 2.86 bits per heavy atom. The van der Waals surface area contributed by atoms with E-state index in [1.807, 2.05) is 48.2 Å². The molecule has 0 spiro atoms. The minimum absolute atomic E-state index is 0.129. The lowest BCUT2D eigenvalue weighted by atomic mass is 10.1. The first-order valence-electron chi connectivity index (χ1n) is 7.21. The predicted molar refractivity (Wildman–Crippen MR) is 83.9 cm³/mol. The Bertz CT molecular complexity index is 679. The summed E-state index contributed by atoms with van der Waals surface area (Å²) in [6.45, 7) is 2.80. The van der Waals surface area contributed by atoms with Crippen molar-refractivity contribution in [2.75, 3.05) is 18.6 Å². The molecule has 0 atom stereocenters. The van der Waals surface area contributed by atoms with Crippen molar-refractivity contribution < 1.29 is 9.53 Å². The van der Waals surface area contributed by atoms with Crippen molar-refractivity contribution in [2.45, 2.75) is 19.8 Å². The number of benzene rings is 2. The SMILES string of the molecule is COc1ccc(C)cc1CC(=O)N1CCc2ccccc21. The van der Waals surface area contributed by atoms with Gasteiger partial charge in [-0.05, 0) is 31.0 Å². The molecule has 0 unspecified atom stereocenters. The number of carbonyl (C=O) groups is 1. The number of aryl methyl sites for hydroxylation is 1. The Labute approximate surface area is 125 Å². The van der Waals surface area contributed by atoms with E-state index in [-0.39, 0.29) is 5.91 Å². The van der Waals surface area contributed by atoms with Crippen LogP contribution in [-0.2, 0) is 17.6 Å². The normalized spacial score (nSPS) is 13.1. The number of anilines is 1. The summed E-state index contributed by atoms with van der Waals surface area (Å²) in [7, 11) is 1.64. The maximum absolute atomic E-state index is 12.6. The number of rotatable bonds is 3. The zero-order valence-electron chi connectivity index (χ0n) is 12.4. The third-order valence-electron chi connectivity index (χ3n) is 3.97. The Morgan fingerprint density at radius 2 is 2.05 bits per heavy atom. The van der Waals surface area contributed by atoms with Gasteiger partial charge in [-0.1, -0.05) is 35.9 Å². The number of amides is 1. The van der Waals surface area contributed by atoms with Gasteiger partial charge in [0.1, 0.15) is 5.75 Å². The Morgan fingerprint density at radius 1 is 1.24 bits per heavy atom. The standard InChI is InChI=1S/C18H19NO2/c1-13-7-8-17(21-2)15(11-13)12-18(20)19-10-9-14-5-3-4-6-16(14)19/h3-8,11H,9-10,12H2,1-2H3. The molecule has 0 aromatic heterocycles. The lowest BCUT2D eigenvalue weighted by molar-refractivity contribution is -0.117. The van der Waals surface area contributed by atoms with E-state index in [0.29, 0.717) is 6.42 Å². The number of para-hydroxylation sites is 1. The summed E-state index contributed by atoms with van der Waals surface area (Å²) < 4.78 is 5.36. The van der Waals surface area contributed by atoms with Crippen molar-refractivity contribution in [3.63, 3.8) is 0 Å². The van der Waals surface area contributed by atoms with E-state index in [9.17, 15) is 4.79 Å². The average molecular weight is 281 g/mol. The molecule has 3 nitrogen and oxygen atoms in total. The molecule has 0 bridgehead atoms. The molecule has 2 aromatic rings. The van der Waals surface area contributed by atoms with Crippen LogP contribution in [0, 0.1) is 6.92 Å². The predicted octanol–water partition coefficient (Wildman–Crippen LogP) is 3.14. The fourth-order valence-electron chi connectivity index (χ4n) is 2.90. The molecular formula is C18H19NO2. The van der Waals surface area contributed by atoms with Gasteiger partial charge in [-0.15, -0.1) is 0 Å². The van der Waals surface area contributed by atoms with Gasteiger partial charge in [-0.2, -0.15) is 0 Å². The van der Waals surface area contributed by atoms with Crippen molar-refractivity contribution in [1.82, 2.24) is 0 Å². The molecule has 2 aromatic carbocycles. The fraction of sp³-hybridized carbons (Fsp3) is 0.278. The summed E-state index contributed by atoms with van der Waals surface area (Å²) in [4.78, 5) is 14.5. The molecule has 0 aliphatic carbocycles. The van der Waals surface area contributed by atoms with Crippen molar-refractivity contribution in [3.8, 4) is 5.75 Å². The van der Waals surface area contributed by atoms with Crippen LogP contribution in [0.5, 0.6) is 5.75 Å². The largest absolute Gasteiger partial charge is 0.496 e. The third-order valence-corrected chi connectivity index (χ3v) is 3.97. The number of hydrogen-bond acceptors (Lipinski definition) is 2. The van der Waals surface area contributed by atoms with E-state index in [1.54, 1.807) is 7.11 Å². The molecule has 1 aliphatic rings. The van der Waals surface area contributed by atoms with Crippen LogP contribution in [0.1, 0.15) is 16.7 Å². The smallest absolute Gasteiger partial charge is 0.231 e. The lowest BCUT2D eigenvalue weighted by Gasteiger charge is -2.18. The second-order valence-electron chi connectivity index (χ2n) is 5.42. The van der Waals surface area contributed by atoms with Crippen molar-refractivity contribution in [2.24, 2.45) is 0 Å². The summed E-state index contributed by atoms with van der Waals surface area (Å²) in [5.74, 6) is 0.908. The van der Waals surface area contributed by atoms with Crippen LogP contribution in [0.15, 0.2) is 42.5 Å². The molecule has 0 radical (unpaired) electrons. The number of carbonyl (C=O) groups excluding carboxylic acids is 1. The second-order valence-corrected chi connectivity index (χ2v) is 5.42. The first kappa shape index (κ1) is 13.7. The van der Waals surface area contributed by atoms with Gasteiger partial charge in [-0.25, -0.2) is 0 Å². The van der Waals surface area contributed by atoms with E-state index < -0.39 is 0 Å². The molecule has 3 rings (SSSR count). The summed E-state index contributed by atoms with van der Waals surface area (Å²) in [5, 5.41) is 0. The minimum Gasteiger partial charge on any atom is -0.496 e. The molecule has 108 valence electrons. The first-order chi connectivity index (χ1) is 10.2. The lowest BCUT2D eigenvalue weighted by Crippen LogP contribution is -2.30. The molecule has 0 saturated heterocycles. The average Bonchev–Trinajstić information content (AvgIpc) is 2.91. The van der Waals surface area contributed by atoms with Gasteiger partial charge < -0.3 is 9.64 Å². The summed E-state index contributed by atoms with van der Waals surface area (Å²) in [5.41, 5.74) is 4.39. The van der Waals surface area contributed by atoms with Gasteiger partial charge in [-0.3, -0.25) is 4.79 Å². The van der Waals surface area contributed by atoms with Crippen LogP contribution in [0.2, 0.25) is 0 Å². The zero-order valence-corrected chi connectivity index (χ0v) is 12.4. The molecular weight excluding hydrogens is 262 g/mol. The highest BCUT2D eigenvalue weighted by atomic mass is 16.5. The van der Waals surface area contributed by atoms with E-state index in [4.69, 9.17) is 4.74 Å². The third kappa shape index (κ3) is 2.64. The molecule has 0 N–H and O–H groups in total. The van der Waals surface area contributed by atoms with Crippen molar-refractivity contribution in [3.05, 3.63) is 59.2 Å². The zero-order chi connectivity index (χ0) is 14.8. The van der Waals surface area contributed by atoms with Crippen molar-refractivity contribution in [1.29, 1.82) is 0 Å². The molecule has 1 heterocycles. The van der Waals surface area contributed by atoms with Crippen LogP contribution in [-0.4, -0.2) is 19.6 Å². The summed E-state index contributed by atoms with van der Waals surface area (Å²) >= 11 is 0. The van der Waals surface area contributed by atoms with Crippen LogP contribution in [0.25, 0.3) is 0 Å². The van der Waals surface area contributed by atoms with Gasteiger partial charge >= 0.3 is 0 Å².